The van der Waals surface area contributed by atoms with E-state index in [1.54, 1.807) is 6.07 Å². The molecule has 4 aromatic carbocycles. The van der Waals surface area contributed by atoms with Crippen LogP contribution in [0.3, 0.4) is 0 Å². The summed E-state index contributed by atoms with van der Waals surface area (Å²) in [6.45, 7) is 3.77. The first kappa shape index (κ1) is 26.0. The van der Waals surface area contributed by atoms with Gasteiger partial charge in [-0.2, -0.15) is 13.2 Å². The Hall–Kier alpha value is -4.30. The highest BCUT2D eigenvalue weighted by Crippen LogP contribution is 2.32. The molecule has 5 nitrogen and oxygen atoms in total. The summed E-state index contributed by atoms with van der Waals surface area (Å²) in [6.07, 6.45) is -1.50. The Kier molecular flexibility index (Phi) is 6.94. The fourth-order valence-corrected chi connectivity index (χ4v) is 5.47. The van der Waals surface area contributed by atoms with E-state index in [2.05, 4.69) is 15.2 Å². The highest BCUT2D eigenvalue weighted by atomic mass is 19.4. The number of fused-ring (bicyclic) bond motifs is 2. The number of carbonyl (C=O) groups is 1. The van der Waals surface area contributed by atoms with Crippen molar-refractivity contribution in [2.24, 2.45) is 0 Å². The zero-order chi connectivity index (χ0) is 27.7. The molecule has 8 heteroatoms. The number of piperazine rings is 1. The molecular weight excluding hydrogens is 513 g/mol. The second-order valence-electron chi connectivity index (χ2n) is 10.2. The molecule has 0 atom stereocenters. The van der Waals surface area contributed by atoms with Gasteiger partial charge in [0.15, 0.2) is 0 Å². The predicted molar refractivity (Wildman–Crippen MR) is 154 cm³/mol. The van der Waals surface area contributed by atoms with Gasteiger partial charge in [0.2, 0.25) is 0 Å². The molecular formula is C32H29F3N4O. The van der Waals surface area contributed by atoms with Crippen LogP contribution in [0.5, 0.6) is 0 Å². The molecule has 0 unspecified atom stereocenters. The minimum atomic E-state index is -4.34. The van der Waals surface area contributed by atoms with E-state index < -0.39 is 11.7 Å². The Morgan fingerprint density at radius 2 is 1.62 bits per heavy atom. The summed E-state index contributed by atoms with van der Waals surface area (Å²) in [6, 6.07) is 25.0. The van der Waals surface area contributed by atoms with Gasteiger partial charge in [0.1, 0.15) is 0 Å². The van der Waals surface area contributed by atoms with Crippen molar-refractivity contribution in [2.75, 3.05) is 42.9 Å². The predicted octanol–water partition coefficient (Wildman–Crippen LogP) is 6.96. The third-order valence-corrected chi connectivity index (χ3v) is 7.67. The number of amides is 1. The van der Waals surface area contributed by atoms with Gasteiger partial charge in [-0.25, -0.2) is 0 Å². The zero-order valence-corrected chi connectivity index (χ0v) is 21.8. The topological polar surface area (TPSA) is 51.4 Å². The first-order valence-corrected chi connectivity index (χ1v) is 13.4. The molecule has 2 N–H and O–H groups in total. The molecule has 40 heavy (non-hydrogen) atoms. The van der Waals surface area contributed by atoms with Crippen molar-refractivity contribution in [2.45, 2.75) is 12.6 Å². The SMILES string of the molecule is O=C(Nc1ccc2[nH]cc(CCN3CCN(c4cccc(C(F)(F)F)c4)CC3)c2c1)c1cccc2ccccc12. The van der Waals surface area contributed by atoms with Gasteiger partial charge < -0.3 is 15.2 Å². The molecule has 204 valence electrons. The van der Waals surface area contributed by atoms with Crippen LogP contribution in [0.15, 0.2) is 91.1 Å². The molecule has 0 bridgehead atoms. The molecule has 0 aliphatic carbocycles. The normalized spacial score (nSPS) is 14.6. The maximum absolute atomic E-state index is 13.1. The Balaban J connectivity index is 1.09. The van der Waals surface area contributed by atoms with E-state index in [1.165, 1.54) is 12.1 Å². The number of anilines is 2. The molecule has 1 fully saturated rings. The van der Waals surface area contributed by atoms with E-state index in [-0.39, 0.29) is 5.91 Å². The van der Waals surface area contributed by atoms with Crippen molar-refractivity contribution < 1.29 is 18.0 Å². The fraction of sp³-hybridized carbons (Fsp3) is 0.219. The lowest BCUT2D eigenvalue weighted by Crippen LogP contribution is -2.47. The summed E-state index contributed by atoms with van der Waals surface area (Å²) in [7, 11) is 0. The van der Waals surface area contributed by atoms with Crippen molar-refractivity contribution in [1.82, 2.24) is 9.88 Å². The van der Waals surface area contributed by atoms with E-state index in [4.69, 9.17) is 0 Å². The standard InChI is InChI=1S/C32H29F3N4O/c33-32(34,35)24-7-4-8-26(19-24)39-17-15-38(16-18-39)14-13-23-21-36-30-12-11-25(20-29(23)30)37-31(40)28-10-3-6-22-5-1-2-9-27(22)28/h1-12,19-21,36H,13-18H2,(H,37,40). The van der Waals surface area contributed by atoms with Crippen LogP contribution in [0.25, 0.3) is 21.7 Å². The first-order valence-electron chi connectivity index (χ1n) is 13.4. The van der Waals surface area contributed by atoms with Gasteiger partial charge in [-0.3, -0.25) is 9.69 Å². The van der Waals surface area contributed by atoms with Crippen LogP contribution >= 0.6 is 0 Å². The van der Waals surface area contributed by atoms with Gasteiger partial charge in [-0.15, -0.1) is 0 Å². The number of carbonyl (C=O) groups excluding carboxylic acids is 1. The molecule has 0 spiro atoms. The molecule has 0 saturated carbocycles. The number of rotatable bonds is 6. The third kappa shape index (κ3) is 5.40. The number of aromatic nitrogens is 1. The molecule has 5 aromatic rings. The number of aromatic amines is 1. The van der Waals surface area contributed by atoms with Crippen LogP contribution in [0.4, 0.5) is 24.5 Å². The largest absolute Gasteiger partial charge is 0.416 e. The van der Waals surface area contributed by atoms with Gasteiger partial charge in [0.25, 0.3) is 5.91 Å². The summed E-state index contributed by atoms with van der Waals surface area (Å²) in [4.78, 5) is 20.8. The van der Waals surface area contributed by atoms with E-state index in [0.717, 1.165) is 65.0 Å². The summed E-state index contributed by atoms with van der Waals surface area (Å²) >= 11 is 0. The third-order valence-electron chi connectivity index (χ3n) is 7.67. The minimum Gasteiger partial charge on any atom is -0.369 e. The van der Waals surface area contributed by atoms with Crippen LogP contribution in [0.2, 0.25) is 0 Å². The monoisotopic (exact) mass is 542 g/mol. The Morgan fingerprint density at radius 3 is 2.45 bits per heavy atom. The summed E-state index contributed by atoms with van der Waals surface area (Å²) in [5.41, 5.74) is 3.55. The Bertz CT molecular complexity index is 1660. The minimum absolute atomic E-state index is 0.146. The lowest BCUT2D eigenvalue weighted by atomic mass is 10.0. The van der Waals surface area contributed by atoms with Gasteiger partial charge in [-0.05, 0) is 65.2 Å². The van der Waals surface area contributed by atoms with Crippen LogP contribution in [0, 0.1) is 0 Å². The lowest BCUT2D eigenvalue weighted by molar-refractivity contribution is -0.137. The van der Waals surface area contributed by atoms with E-state index in [0.29, 0.717) is 24.3 Å². The van der Waals surface area contributed by atoms with Crippen molar-refractivity contribution in [3.8, 4) is 0 Å². The van der Waals surface area contributed by atoms with Crippen molar-refractivity contribution in [1.29, 1.82) is 0 Å². The second-order valence-corrected chi connectivity index (χ2v) is 10.2. The maximum Gasteiger partial charge on any atom is 0.416 e. The zero-order valence-electron chi connectivity index (χ0n) is 21.8. The molecule has 1 saturated heterocycles. The van der Waals surface area contributed by atoms with Gasteiger partial charge in [0, 0.05) is 66.8 Å². The number of nitrogens with one attached hydrogen (secondary N) is 2. The van der Waals surface area contributed by atoms with Crippen LogP contribution < -0.4 is 10.2 Å². The lowest BCUT2D eigenvalue weighted by Gasteiger charge is -2.36. The highest BCUT2D eigenvalue weighted by Gasteiger charge is 2.31. The average Bonchev–Trinajstić information content (AvgIpc) is 3.38. The van der Waals surface area contributed by atoms with Gasteiger partial charge >= 0.3 is 6.18 Å². The smallest absolute Gasteiger partial charge is 0.369 e. The van der Waals surface area contributed by atoms with E-state index >= 15 is 0 Å². The summed E-state index contributed by atoms with van der Waals surface area (Å²) in [5.74, 6) is -0.146. The number of benzene rings is 4. The van der Waals surface area contributed by atoms with Crippen molar-refractivity contribution >= 4 is 39.0 Å². The highest BCUT2D eigenvalue weighted by molar-refractivity contribution is 6.13. The van der Waals surface area contributed by atoms with E-state index in [9.17, 15) is 18.0 Å². The summed E-state index contributed by atoms with van der Waals surface area (Å²) < 4.78 is 39.3. The number of H-pyrrole nitrogens is 1. The number of nitrogens with zero attached hydrogens (tertiary/aromatic N) is 2. The molecule has 1 aliphatic rings. The van der Waals surface area contributed by atoms with Gasteiger partial charge in [0.05, 0.1) is 5.56 Å². The van der Waals surface area contributed by atoms with Crippen LogP contribution in [-0.4, -0.2) is 48.5 Å². The Labute approximate surface area is 230 Å². The average molecular weight is 543 g/mol. The number of hydrogen-bond acceptors (Lipinski definition) is 3. The van der Waals surface area contributed by atoms with Crippen LogP contribution in [0.1, 0.15) is 21.5 Å². The molecule has 1 aliphatic heterocycles. The molecule has 0 radical (unpaired) electrons. The molecule has 6 rings (SSSR count). The maximum atomic E-state index is 13.1. The quantitative estimate of drug-likeness (QED) is 0.244. The Morgan fingerprint density at radius 1 is 0.850 bits per heavy atom. The summed E-state index contributed by atoms with van der Waals surface area (Å²) in [5, 5.41) is 6.07. The second kappa shape index (κ2) is 10.7. The number of hydrogen-bond donors (Lipinski definition) is 2. The van der Waals surface area contributed by atoms with Crippen molar-refractivity contribution in [3.05, 3.63) is 108 Å². The molecule has 2 heterocycles. The fourth-order valence-electron chi connectivity index (χ4n) is 5.47. The number of halogens is 3. The number of alkyl halides is 3. The first-order chi connectivity index (χ1) is 19.3. The molecule has 1 aromatic heterocycles. The van der Waals surface area contributed by atoms with E-state index in [1.807, 2.05) is 71.8 Å². The van der Waals surface area contributed by atoms with Crippen molar-refractivity contribution in [3.63, 3.8) is 0 Å². The molecule has 1 amide bonds. The van der Waals surface area contributed by atoms with Crippen LogP contribution in [-0.2, 0) is 12.6 Å². The van der Waals surface area contributed by atoms with Gasteiger partial charge in [-0.1, -0.05) is 42.5 Å².